The number of amides is 1. The molecule has 0 bridgehead atoms. The summed E-state index contributed by atoms with van der Waals surface area (Å²) >= 11 is 0. The average Bonchev–Trinajstić information content (AvgIpc) is 3.01. The number of hydrazone groups is 1. The van der Waals surface area contributed by atoms with Gasteiger partial charge in [0, 0.05) is 28.6 Å². The highest BCUT2D eigenvalue weighted by atomic mass is 19.1. The smallest absolute Gasteiger partial charge is 0.273 e. The number of halogens is 1. The molecule has 0 atom stereocenters. The number of aromatic nitrogens is 1. The zero-order valence-corrected chi connectivity index (χ0v) is 16.5. The van der Waals surface area contributed by atoms with Crippen molar-refractivity contribution in [3.63, 3.8) is 0 Å². The fraction of sp³-hybridized carbons (Fsp3) is 0.143. The molecule has 1 N–H and O–H groups in total. The van der Waals surface area contributed by atoms with Gasteiger partial charge in [0.2, 0.25) is 0 Å². The maximum Gasteiger partial charge on any atom is 0.273 e. The van der Waals surface area contributed by atoms with Gasteiger partial charge in [-0.25, -0.2) is 9.82 Å². The number of rotatable bonds is 6. The molecule has 0 saturated heterocycles. The number of ether oxygens (including phenoxy) is 1. The first-order valence-electron chi connectivity index (χ1n) is 8.92. The number of carbonyl (C=O) groups is 1. The quantitative estimate of drug-likeness (QED) is 0.378. The Morgan fingerprint density at radius 2 is 1.90 bits per heavy atom. The Labute approximate surface area is 171 Å². The summed E-state index contributed by atoms with van der Waals surface area (Å²) in [5, 5.41) is 15.0. The van der Waals surface area contributed by atoms with Crippen LogP contribution in [0, 0.1) is 29.8 Å². The Bertz CT molecular complexity index is 1140. The lowest BCUT2D eigenvalue weighted by Gasteiger charge is -2.13. The summed E-state index contributed by atoms with van der Waals surface area (Å²) in [4.78, 5) is 22.6. The van der Waals surface area contributed by atoms with Crippen LogP contribution in [0.2, 0.25) is 0 Å². The fourth-order valence-corrected chi connectivity index (χ4v) is 3.08. The van der Waals surface area contributed by atoms with E-state index in [4.69, 9.17) is 4.74 Å². The van der Waals surface area contributed by atoms with Crippen molar-refractivity contribution in [2.24, 2.45) is 5.10 Å². The summed E-state index contributed by atoms with van der Waals surface area (Å²) in [6, 6.07) is 11.4. The standard InChI is InChI=1S/C21H19FN4O4/c1-13-10-16(12-23-24-21(27)15-4-6-17(22)7-5-15)14(2)25(13)19-9-8-18(26(28)29)11-20(19)30-3/h4-12H,1-3H3,(H,24,27)/b23-12-. The number of hydrogen-bond donors (Lipinski definition) is 1. The molecule has 1 aromatic heterocycles. The van der Waals surface area contributed by atoms with Crippen LogP contribution in [-0.4, -0.2) is 28.7 Å². The van der Waals surface area contributed by atoms with E-state index in [2.05, 4.69) is 10.5 Å². The third-order valence-electron chi connectivity index (χ3n) is 4.56. The molecule has 0 spiro atoms. The SMILES string of the molecule is COc1cc([N+](=O)[O-])ccc1-n1c(C)cc(/C=N\NC(=O)c2ccc(F)cc2)c1C. The van der Waals surface area contributed by atoms with Crippen molar-refractivity contribution in [1.29, 1.82) is 0 Å². The number of nitrogens with zero attached hydrogens (tertiary/aromatic N) is 3. The van der Waals surface area contributed by atoms with Crippen molar-refractivity contribution in [2.45, 2.75) is 13.8 Å². The minimum Gasteiger partial charge on any atom is -0.494 e. The lowest BCUT2D eigenvalue weighted by molar-refractivity contribution is -0.384. The average molecular weight is 410 g/mol. The van der Waals surface area contributed by atoms with Crippen LogP contribution in [0.4, 0.5) is 10.1 Å². The van der Waals surface area contributed by atoms with Crippen molar-refractivity contribution in [3.8, 4) is 11.4 Å². The highest BCUT2D eigenvalue weighted by Gasteiger charge is 2.17. The van der Waals surface area contributed by atoms with Crippen LogP contribution >= 0.6 is 0 Å². The molecule has 3 aromatic rings. The van der Waals surface area contributed by atoms with Crippen LogP contribution in [0.15, 0.2) is 53.6 Å². The molecule has 0 aliphatic carbocycles. The lowest BCUT2D eigenvalue weighted by Crippen LogP contribution is -2.17. The number of nitro benzene ring substituents is 1. The van der Waals surface area contributed by atoms with Crippen LogP contribution in [0.3, 0.4) is 0 Å². The molecule has 8 nitrogen and oxygen atoms in total. The van der Waals surface area contributed by atoms with Crippen molar-refractivity contribution in [1.82, 2.24) is 9.99 Å². The minimum absolute atomic E-state index is 0.0663. The molecule has 9 heteroatoms. The summed E-state index contributed by atoms with van der Waals surface area (Å²) in [6.07, 6.45) is 1.50. The molecule has 154 valence electrons. The van der Waals surface area contributed by atoms with Gasteiger partial charge in [0.25, 0.3) is 11.6 Å². The summed E-state index contributed by atoms with van der Waals surface area (Å²) in [7, 11) is 1.45. The van der Waals surface area contributed by atoms with Crippen LogP contribution in [-0.2, 0) is 0 Å². The Morgan fingerprint density at radius 3 is 2.53 bits per heavy atom. The molecular formula is C21H19FN4O4. The maximum absolute atomic E-state index is 13.0. The summed E-state index contributed by atoms with van der Waals surface area (Å²) in [5.41, 5.74) is 5.67. The third kappa shape index (κ3) is 4.19. The molecule has 0 fully saturated rings. The first kappa shape index (κ1) is 20.7. The number of non-ortho nitro benzene ring substituents is 1. The molecule has 0 aliphatic rings. The van der Waals surface area contributed by atoms with Gasteiger partial charge in [-0.1, -0.05) is 0 Å². The molecule has 3 rings (SSSR count). The number of nitro groups is 1. The Hall–Kier alpha value is -4.01. The second-order valence-electron chi connectivity index (χ2n) is 6.48. The van der Waals surface area contributed by atoms with Gasteiger partial charge in [-0.2, -0.15) is 5.10 Å². The van der Waals surface area contributed by atoms with E-state index in [1.807, 2.05) is 24.5 Å². The highest BCUT2D eigenvalue weighted by Crippen LogP contribution is 2.31. The van der Waals surface area contributed by atoms with Crippen LogP contribution in [0.25, 0.3) is 5.69 Å². The zero-order chi connectivity index (χ0) is 21.8. The van der Waals surface area contributed by atoms with Crippen molar-refractivity contribution in [2.75, 3.05) is 7.11 Å². The lowest BCUT2D eigenvalue weighted by atomic mass is 10.2. The second-order valence-corrected chi connectivity index (χ2v) is 6.48. The van der Waals surface area contributed by atoms with Gasteiger partial charge in [0.05, 0.1) is 30.0 Å². The van der Waals surface area contributed by atoms with Crippen molar-refractivity contribution < 1.29 is 18.8 Å². The highest BCUT2D eigenvalue weighted by molar-refractivity contribution is 5.95. The van der Waals surface area contributed by atoms with Gasteiger partial charge in [-0.05, 0) is 50.2 Å². The van der Waals surface area contributed by atoms with Crippen molar-refractivity contribution >= 4 is 17.8 Å². The van der Waals surface area contributed by atoms with Crippen molar-refractivity contribution in [3.05, 3.63) is 87.0 Å². The largest absolute Gasteiger partial charge is 0.494 e. The van der Waals surface area contributed by atoms with E-state index in [0.717, 1.165) is 17.0 Å². The van der Waals surface area contributed by atoms with E-state index in [9.17, 15) is 19.3 Å². The maximum atomic E-state index is 13.0. The van der Waals surface area contributed by atoms with E-state index in [0.29, 0.717) is 11.4 Å². The normalized spacial score (nSPS) is 10.9. The van der Waals surface area contributed by atoms with Gasteiger partial charge in [-0.3, -0.25) is 14.9 Å². The van der Waals surface area contributed by atoms with E-state index >= 15 is 0 Å². The van der Waals surface area contributed by atoms with E-state index in [-0.39, 0.29) is 11.3 Å². The molecule has 1 heterocycles. The second kappa shape index (κ2) is 8.56. The van der Waals surface area contributed by atoms with Gasteiger partial charge in [0.1, 0.15) is 11.6 Å². The summed E-state index contributed by atoms with van der Waals surface area (Å²) in [5.74, 6) is -0.527. The van der Waals surface area contributed by atoms with E-state index < -0.39 is 16.6 Å². The van der Waals surface area contributed by atoms with Gasteiger partial charge in [0.15, 0.2) is 0 Å². The van der Waals surface area contributed by atoms with Crippen LogP contribution in [0.1, 0.15) is 27.3 Å². The Balaban J connectivity index is 1.85. The number of benzene rings is 2. The van der Waals surface area contributed by atoms with Crippen LogP contribution < -0.4 is 10.2 Å². The number of carbonyl (C=O) groups excluding carboxylic acids is 1. The van der Waals surface area contributed by atoms with Crippen LogP contribution in [0.5, 0.6) is 5.75 Å². The molecular weight excluding hydrogens is 391 g/mol. The van der Waals surface area contributed by atoms with Gasteiger partial charge >= 0.3 is 0 Å². The van der Waals surface area contributed by atoms with E-state index in [1.54, 1.807) is 6.07 Å². The number of methoxy groups -OCH3 is 1. The molecule has 0 aliphatic heterocycles. The summed E-state index contributed by atoms with van der Waals surface area (Å²) in [6.45, 7) is 3.74. The zero-order valence-electron chi connectivity index (χ0n) is 16.5. The predicted octanol–water partition coefficient (Wildman–Crippen LogP) is 3.91. The molecule has 0 unspecified atom stereocenters. The summed E-state index contributed by atoms with van der Waals surface area (Å²) < 4.78 is 20.2. The molecule has 1 amide bonds. The molecule has 30 heavy (non-hydrogen) atoms. The first-order valence-corrected chi connectivity index (χ1v) is 8.92. The first-order chi connectivity index (χ1) is 14.3. The van der Waals surface area contributed by atoms with E-state index in [1.165, 1.54) is 49.7 Å². The number of hydrogen-bond acceptors (Lipinski definition) is 5. The molecule has 0 radical (unpaired) electrons. The predicted molar refractivity (Wildman–Crippen MR) is 110 cm³/mol. The topological polar surface area (TPSA) is 98.8 Å². The van der Waals surface area contributed by atoms with Gasteiger partial charge in [-0.15, -0.1) is 0 Å². The third-order valence-corrected chi connectivity index (χ3v) is 4.56. The van der Waals surface area contributed by atoms with Gasteiger partial charge < -0.3 is 9.30 Å². The minimum atomic E-state index is -0.483. The molecule has 0 saturated carbocycles. The molecule has 2 aromatic carbocycles. The Morgan fingerprint density at radius 1 is 1.20 bits per heavy atom. The number of nitrogens with one attached hydrogen (secondary N) is 1. The monoisotopic (exact) mass is 410 g/mol. The fourth-order valence-electron chi connectivity index (χ4n) is 3.08. The number of aryl methyl sites for hydroxylation is 1. The Kier molecular flexibility index (Phi) is 5.91.